The molecule has 0 aliphatic carbocycles. The zero-order valence-corrected chi connectivity index (χ0v) is 8.09. The Morgan fingerprint density at radius 3 is 2.53 bits per heavy atom. The Morgan fingerprint density at radius 2 is 1.87 bits per heavy atom. The fourth-order valence-corrected chi connectivity index (χ4v) is 1.68. The minimum absolute atomic E-state index is 0.0121. The molecule has 15 heavy (non-hydrogen) atoms. The van der Waals surface area contributed by atoms with Gasteiger partial charge in [-0.25, -0.2) is 0 Å². The number of fused-ring (bicyclic) bond motifs is 1. The third kappa shape index (κ3) is 1.87. The number of hydrogen-bond donors (Lipinski definition) is 3. The molecule has 2 aromatic rings. The van der Waals surface area contributed by atoms with Gasteiger partial charge in [0.1, 0.15) is 0 Å². The lowest BCUT2D eigenvalue weighted by atomic mass is 9.77. The van der Waals surface area contributed by atoms with E-state index >= 15 is 0 Å². The van der Waals surface area contributed by atoms with Crippen LogP contribution in [0.4, 0.5) is 0 Å². The van der Waals surface area contributed by atoms with E-state index in [4.69, 9.17) is 15.2 Å². The van der Waals surface area contributed by atoms with Crippen LogP contribution in [0, 0.1) is 0 Å². The third-order valence-corrected chi connectivity index (χ3v) is 2.44. The van der Waals surface area contributed by atoms with Crippen LogP contribution in [-0.2, 0) is 6.61 Å². The predicted molar refractivity (Wildman–Crippen MR) is 59.7 cm³/mol. The Morgan fingerprint density at radius 1 is 1.07 bits per heavy atom. The summed E-state index contributed by atoms with van der Waals surface area (Å²) < 4.78 is 0. The highest BCUT2D eigenvalue weighted by atomic mass is 16.4. The van der Waals surface area contributed by atoms with Crippen LogP contribution < -0.4 is 5.46 Å². The van der Waals surface area contributed by atoms with Gasteiger partial charge in [-0.2, -0.15) is 0 Å². The van der Waals surface area contributed by atoms with Crippen molar-refractivity contribution in [2.75, 3.05) is 0 Å². The van der Waals surface area contributed by atoms with Gasteiger partial charge in [-0.3, -0.25) is 0 Å². The number of hydrogen-bond acceptors (Lipinski definition) is 3. The van der Waals surface area contributed by atoms with Gasteiger partial charge in [0.2, 0.25) is 0 Å². The first-order valence-corrected chi connectivity index (χ1v) is 4.71. The zero-order valence-electron chi connectivity index (χ0n) is 8.09. The summed E-state index contributed by atoms with van der Waals surface area (Å²) in [6, 6.07) is 10.7. The van der Waals surface area contributed by atoms with Crippen molar-refractivity contribution in [3.63, 3.8) is 0 Å². The number of aliphatic hydroxyl groups excluding tert-OH is 1. The number of rotatable bonds is 2. The Balaban J connectivity index is 2.67. The van der Waals surface area contributed by atoms with E-state index in [0.717, 1.165) is 16.3 Å². The van der Waals surface area contributed by atoms with Crippen LogP contribution in [0.25, 0.3) is 10.8 Å². The first-order valence-electron chi connectivity index (χ1n) is 4.71. The first kappa shape index (κ1) is 10.2. The molecular weight excluding hydrogens is 191 g/mol. The summed E-state index contributed by atoms with van der Waals surface area (Å²) in [5.74, 6) is 0. The minimum Gasteiger partial charge on any atom is -0.423 e. The molecule has 0 spiro atoms. The molecule has 3 N–H and O–H groups in total. The summed E-state index contributed by atoms with van der Waals surface area (Å²) in [7, 11) is -1.46. The molecule has 0 bridgehead atoms. The van der Waals surface area contributed by atoms with Gasteiger partial charge in [0, 0.05) is 0 Å². The number of benzene rings is 2. The molecule has 0 fully saturated rings. The molecule has 0 atom stereocenters. The molecule has 0 aromatic heterocycles. The van der Waals surface area contributed by atoms with E-state index in [0.29, 0.717) is 5.46 Å². The SMILES string of the molecule is OCc1ccc2c(B(O)O)cccc2c1. The van der Waals surface area contributed by atoms with Gasteiger partial charge >= 0.3 is 7.12 Å². The van der Waals surface area contributed by atoms with Crippen molar-refractivity contribution in [2.24, 2.45) is 0 Å². The summed E-state index contributed by atoms with van der Waals surface area (Å²) in [5.41, 5.74) is 1.30. The molecule has 0 saturated heterocycles. The van der Waals surface area contributed by atoms with E-state index in [1.165, 1.54) is 0 Å². The molecule has 0 unspecified atom stereocenters. The van der Waals surface area contributed by atoms with Crippen LogP contribution in [0.2, 0.25) is 0 Å². The molecule has 3 nitrogen and oxygen atoms in total. The van der Waals surface area contributed by atoms with Crippen molar-refractivity contribution < 1.29 is 15.2 Å². The van der Waals surface area contributed by atoms with Crippen LogP contribution in [0.15, 0.2) is 36.4 Å². The average Bonchev–Trinajstić information content (AvgIpc) is 2.27. The minimum atomic E-state index is -1.46. The van der Waals surface area contributed by atoms with E-state index in [2.05, 4.69) is 0 Å². The smallest absolute Gasteiger partial charge is 0.423 e. The van der Waals surface area contributed by atoms with Gasteiger partial charge in [0.15, 0.2) is 0 Å². The zero-order chi connectivity index (χ0) is 10.8. The molecule has 0 aliphatic rings. The third-order valence-electron chi connectivity index (χ3n) is 2.44. The topological polar surface area (TPSA) is 60.7 Å². The molecule has 2 rings (SSSR count). The molecule has 0 amide bonds. The van der Waals surface area contributed by atoms with Crippen molar-refractivity contribution in [1.29, 1.82) is 0 Å². The van der Waals surface area contributed by atoms with Gasteiger partial charge in [0.25, 0.3) is 0 Å². The molecule has 76 valence electrons. The Hall–Kier alpha value is -1.36. The van der Waals surface area contributed by atoms with Crippen LogP contribution in [0.1, 0.15) is 5.56 Å². The molecule has 0 saturated carbocycles. The summed E-state index contributed by atoms with van der Waals surface area (Å²) in [6.07, 6.45) is 0. The summed E-state index contributed by atoms with van der Waals surface area (Å²) in [5, 5.41) is 29.0. The Labute approximate surface area is 87.8 Å². The largest absolute Gasteiger partial charge is 0.489 e. The molecule has 2 aromatic carbocycles. The van der Waals surface area contributed by atoms with Gasteiger partial charge in [-0.1, -0.05) is 30.3 Å². The lowest BCUT2D eigenvalue weighted by Crippen LogP contribution is -2.30. The quantitative estimate of drug-likeness (QED) is 0.601. The van der Waals surface area contributed by atoms with Crippen molar-refractivity contribution in [3.8, 4) is 0 Å². The maximum absolute atomic E-state index is 9.15. The molecular formula is C11H11BO3. The highest BCUT2D eigenvalue weighted by Gasteiger charge is 2.13. The van der Waals surface area contributed by atoms with Crippen molar-refractivity contribution in [3.05, 3.63) is 42.0 Å². The van der Waals surface area contributed by atoms with Crippen LogP contribution in [-0.4, -0.2) is 22.3 Å². The monoisotopic (exact) mass is 202 g/mol. The van der Waals surface area contributed by atoms with Gasteiger partial charge in [-0.15, -0.1) is 0 Å². The maximum Gasteiger partial charge on any atom is 0.489 e. The average molecular weight is 202 g/mol. The Kier molecular flexibility index (Phi) is 2.73. The van der Waals surface area contributed by atoms with E-state index in [1.54, 1.807) is 24.3 Å². The standard InChI is InChI=1S/C11H11BO3/c13-7-8-4-5-10-9(6-8)2-1-3-11(10)12(14)15/h1-6,13-15H,7H2. The van der Waals surface area contributed by atoms with E-state index < -0.39 is 7.12 Å². The van der Waals surface area contributed by atoms with Crippen LogP contribution in [0.5, 0.6) is 0 Å². The molecule has 0 aliphatic heterocycles. The predicted octanol–water partition coefficient (Wildman–Crippen LogP) is 0.0119. The van der Waals surface area contributed by atoms with Crippen LogP contribution >= 0.6 is 0 Å². The second-order valence-electron chi connectivity index (χ2n) is 3.43. The highest BCUT2D eigenvalue weighted by molar-refractivity contribution is 6.61. The highest BCUT2D eigenvalue weighted by Crippen LogP contribution is 2.14. The van der Waals surface area contributed by atoms with Gasteiger partial charge < -0.3 is 15.2 Å². The second kappa shape index (κ2) is 4.02. The fraction of sp³-hybridized carbons (Fsp3) is 0.0909. The fourth-order valence-electron chi connectivity index (χ4n) is 1.68. The van der Waals surface area contributed by atoms with Gasteiger partial charge in [-0.05, 0) is 27.9 Å². The molecule has 0 heterocycles. The Bertz CT molecular complexity index is 482. The van der Waals surface area contributed by atoms with Crippen molar-refractivity contribution >= 4 is 23.4 Å². The lowest BCUT2D eigenvalue weighted by Gasteiger charge is -2.06. The van der Waals surface area contributed by atoms with E-state index in [-0.39, 0.29) is 6.61 Å². The summed E-state index contributed by atoms with van der Waals surface area (Å²) in [4.78, 5) is 0. The number of aliphatic hydroxyl groups is 1. The van der Waals surface area contributed by atoms with Crippen LogP contribution in [0.3, 0.4) is 0 Å². The van der Waals surface area contributed by atoms with Gasteiger partial charge in [0.05, 0.1) is 6.61 Å². The molecule has 4 heteroatoms. The van der Waals surface area contributed by atoms with Crippen molar-refractivity contribution in [1.82, 2.24) is 0 Å². The first-order chi connectivity index (χ1) is 7.22. The van der Waals surface area contributed by atoms with Crippen molar-refractivity contribution in [2.45, 2.75) is 6.61 Å². The lowest BCUT2D eigenvalue weighted by molar-refractivity contribution is 0.282. The second-order valence-corrected chi connectivity index (χ2v) is 3.43. The summed E-state index contributed by atoms with van der Waals surface area (Å²) >= 11 is 0. The van der Waals surface area contributed by atoms with E-state index in [9.17, 15) is 0 Å². The maximum atomic E-state index is 9.15. The van der Waals surface area contributed by atoms with E-state index in [1.807, 2.05) is 12.1 Å². The summed E-state index contributed by atoms with van der Waals surface area (Å²) in [6.45, 7) is -0.0121. The molecule has 0 radical (unpaired) electrons. The normalized spacial score (nSPS) is 10.6.